The van der Waals surface area contributed by atoms with Gasteiger partial charge in [-0.2, -0.15) is 0 Å². The summed E-state index contributed by atoms with van der Waals surface area (Å²) >= 11 is 11.7. The van der Waals surface area contributed by atoms with E-state index in [1.54, 1.807) is 0 Å². The summed E-state index contributed by atoms with van der Waals surface area (Å²) in [6.45, 7) is 2.04. The molecule has 0 radical (unpaired) electrons. The van der Waals surface area contributed by atoms with Crippen molar-refractivity contribution in [3.8, 4) is 0 Å². The molecule has 2 aromatic rings. The highest BCUT2D eigenvalue weighted by Gasteiger charge is 2.29. The predicted octanol–water partition coefficient (Wildman–Crippen LogP) is 4.15. The van der Waals surface area contributed by atoms with E-state index in [1.165, 1.54) is 11.3 Å². The number of anilines is 2. The molecule has 6 nitrogen and oxygen atoms in total. The SMILES string of the molecule is CNC1CCc2nc(C)c(NC3N=CC4CC(=S)Nc5cc(Cl)ccc5C4=N3)cc2C1. The number of rotatable bonds is 3. The largest absolute Gasteiger partial charge is 0.349 e. The van der Waals surface area contributed by atoms with Crippen molar-refractivity contribution < 1.29 is 0 Å². The van der Waals surface area contributed by atoms with Gasteiger partial charge < -0.3 is 16.0 Å². The van der Waals surface area contributed by atoms with Crippen LogP contribution >= 0.6 is 23.8 Å². The summed E-state index contributed by atoms with van der Waals surface area (Å²) in [4.78, 5) is 15.3. The highest BCUT2D eigenvalue weighted by atomic mass is 35.5. The minimum Gasteiger partial charge on any atom is -0.349 e. The van der Waals surface area contributed by atoms with Gasteiger partial charge in [-0.3, -0.25) is 9.98 Å². The maximum Gasteiger partial charge on any atom is 0.213 e. The Balaban J connectivity index is 1.46. The fraction of sp³-hybridized carbons (Fsp3) is 0.391. The van der Waals surface area contributed by atoms with Crippen molar-refractivity contribution in [2.45, 2.75) is 44.9 Å². The lowest BCUT2D eigenvalue weighted by atomic mass is 9.91. The standard InChI is InChI=1S/C23H25ClN6S/c1-12-19(8-13-7-16(25-2)4-6-18(13)27-12)29-23-26-11-14-9-21(31)28-20-10-15(24)3-5-17(20)22(14)30-23/h3,5,8,10-11,14,16,23,25,29H,4,6-7,9H2,1-2H3,(H,28,31). The van der Waals surface area contributed by atoms with Gasteiger partial charge in [0.05, 0.1) is 22.1 Å². The van der Waals surface area contributed by atoms with Crippen LogP contribution in [0, 0.1) is 12.8 Å². The number of likely N-dealkylation sites (N-methyl/N-ethyl adjacent to an activating group) is 1. The van der Waals surface area contributed by atoms with E-state index >= 15 is 0 Å². The molecule has 3 aliphatic rings. The van der Waals surface area contributed by atoms with E-state index in [9.17, 15) is 0 Å². The first-order valence-electron chi connectivity index (χ1n) is 10.6. The number of fused-ring (bicyclic) bond motifs is 4. The maximum absolute atomic E-state index is 6.21. The van der Waals surface area contributed by atoms with Gasteiger partial charge in [0.1, 0.15) is 0 Å². The van der Waals surface area contributed by atoms with Crippen LogP contribution in [0.5, 0.6) is 0 Å². The molecule has 0 amide bonds. The van der Waals surface area contributed by atoms with E-state index in [1.807, 2.05) is 38.4 Å². The molecule has 8 heteroatoms. The minimum absolute atomic E-state index is 0.0552. The second-order valence-electron chi connectivity index (χ2n) is 8.33. The second kappa shape index (κ2) is 8.30. The zero-order valence-corrected chi connectivity index (χ0v) is 19.1. The number of halogens is 1. The first kappa shape index (κ1) is 20.5. The van der Waals surface area contributed by atoms with E-state index in [-0.39, 0.29) is 5.92 Å². The van der Waals surface area contributed by atoms with Gasteiger partial charge in [-0.15, -0.1) is 0 Å². The van der Waals surface area contributed by atoms with Gasteiger partial charge in [0.2, 0.25) is 6.29 Å². The third kappa shape index (κ3) is 4.10. The van der Waals surface area contributed by atoms with Crippen LogP contribution < -0.4 is 16.0 Å². The lowest BCUT2D eigenvalue weighted by molar-refractivity contribution is 0.490. The van der Waals surface area contributed by atoms with Gasteiger partial charge in [-0.1, -0.05) is 23.8 Å². The number of nitrogens with one attached hydrogen (secondary N) is 3. The summed E-state index contributed by atoms with van der Waals surface area (Å²) in [5.41, 5.74) is 7.37. The van der Waals surface area contributed by atoms with Gasteiger partial charge >= 0.3 is 0 Å². The molecule has 5 rings (SSSR count). The number of thiocarbonyl (C=S) groups is 1. The Kier molecular flexibility index (Phi) is 5.50. The summed E-state index contributed by atoms with van der Waals surface area (Å²) in [7, 11) is 2.03. The van der Waals surface area contributed by atoms with E-state index in [2.05, 4.69) is 27.0 Å². The van der Waals surface area contributed by atoms with E-state index in [0.29, 0.717) is 17.5 Å². The number of pyridine rings is 1. The lowest BCUT2D eigenvalue weighted by Crippen LogP contribution is -2.32. The third-order valence-corrected chi connectivity index (χ3v) is 6.73. The molecule has 3 N–H and O–H groups in total. The quantitative estimate of drug-likeness (QED) is 0.610. The van der Waals surface area contributed by atoms with Crippen molar-refractivity contribution >= 4 is 52.1 Å². The molecule has 3 heterocycles. The number of benzene rings is 1. The fourth-order valence-electron chi connectivity index (χ4n) is 4.55. The number of nitrogens with zero attached hydrogens (tertiary/aromatic N) is 3. The van der Waals surface area contributed by atoms with E-state index in [4.69, 9.17) is 33.8 Å². The second-order valence-corrected chi connectivity index (χ2v) is 9.26. The molecule has 160 valence electrons. The summed E-state index contributed by atoms with van der Waals surface area (Å²) in [6.07, 6.45) is 5.39. The van der Waals surface area contributed by atoms with Crippen molar-refractivity contribution in [2.75, 3.05) is 17.7 Å². The van der Waals surface area contributed by atoms with Crippen molar-refractivity contribution in [2.24, 2.45) is 15.9 Å². The highest BCUT2D eigenvalue weighted by Crippen LogP contribution is 2.31. The Hall–Kier alpha value is -2.35. The molecule has 2 aliphatic heterocycles. The third-order valence-electron chi connectivity index (χ3n) is 6.23. The molecule has 3 atom stereocenters. The minimum atomic E-state index is -0.399. The summed E-state index contributed by atoms with van der Waals surface area (Å²) in [6, 6.07) is 8.52. The Morgan fingerprint density at radius 1 is 1.23 bits per heavy atom. The zero-order valence-electron chi connectivity index (χ0n) is 17.6. The van der Waals surface area contributed by atoms with Crippen LogP contribution in [0.4, 0.5) is 11.4 Å². The molecule has 1 aromatic heterocycles. The Morgan fingerprint density at radius 2 is 2.10 bits per heavy atom. The van der Waals surface area contributed by atoms with Crippen LogP contribution in [0.3, 0.4) is 0 Å². The molecular weight excluding hydrogens is 428 g/mol. The molecule has 3 unspecified atom stereocenters. The van der Waals surface area contributed by atoms with Gasteiger partial charge in [-0.05, 0) is 63.1 Å². The van der Waals surface area contributed by atoms with Gasteiger partial charge in [0.15, 0.2) is 0 Å². The molecule has 0 fully saturated rings. The monoisotopic (exact) mass is 452 g/mol. The number of hydrogen-bond donors (Lipinski definition) is 3. The molecule has 1 aromatic carbocycles. The average Bonchev–Trinajstić information content (AvgIpc) is 2.88. The van der Waals surface area contributed by atoms with Gasteiger partial charge in [0, 0.05) is 46.6 Å². The van der Waals surface area contributed by atoms with Crippen LogP contribution in [0.25, 0.3) is 0 Å². The smallest absolute Gasteiger partial charge is 0.213 e. The molecule has 1 aliphatic carbocycles. The molecular formula is C23H25ClN6S. The lowest BCUT2D eigenvalue weighted by Gasteiger charge is -2.26. The number of aryl methyl sites for hydroxylation is 2. The van der Waals surface area contributed by atoms with Gasteiger partial charge in [-0.25, -0.2) is 4.99 Å². The zero-order chi connectivity index (χ0) is 21.5. The van der Waals surface area contributed by atoms with Crippen LogP contribution in [-0.2, 0) is 12.8 Å². The van der Waals surface area contributed by atoms with Gasteiger partial charge in [0.25, 0.3) is 0 Å². The molecule has 0 saturated heterocycles. The van der Waals surface area contributed by atoms with Crippen molar-refractivity contribution in [1.82, 2.24) is 10.3 Å². The summed E-state index contributed by atoms with van der Waals surface area (Å²) in [5.74, 6) is 0.0552. The number of aliphatic imine (C=N–C) groups is 2. The fourth-order valence-corrected chi connectivity index (χ4v) is 5.01. The topological polar surface area (TPSA) is 73.7 Å². The van der Waals surface area contributed by atoms with Crippen molar-refractivity contribution in [1.29, 1.82) is 0 Å². The molecule has 0 bridgehead atoms. The molecule has 31 heavy (non-hydrogen) atoms. The van der Waals surface area contributed by atoms with Crippen LogP contribution in [0.15, 0.2) is 34.3 Å². The van der Waals surface area contributed by atoms with Crippen molar-refractivity contribution in [3.05, 3.63) is 51.8 Å². The molecule has 0 saturated carbocycles. The normalized spacial score (nSPS) is 24.3. The summed E-state index contributed by atoms with van der Waals surface area (Å²) < 4.78 is 0. The first-order valence-corrected chi connectivity index (χ1v) is 11.4. The predicted molar refractivity (Wildman–Crippen MR) is 132 cm³/mol. The van der Waals surface area contributed by atoms with Crippen LogP contribution in [-0.4, -0.2) is 41.3 Å². The van der Waals surface area contributed by atoms with Crippen LogP contribution in [0.2, 0.25) is 5.02 Å². The number of hydrogen-bond acceptors (Lipinski definition) is 6. The maximum atomic E-state index is 6.21. The summed E-state index contributed by atoms with van der Waals surface area (Å²) in [5, 5.41) is 10.9. The van der Waals surface area contributed by atoms with E-state index < -0.39 is 6.29 Å². The Morgan fingerprint density at radius 3 is 2.94 bits per heavy atom. The molecule has 0 spiro atoms. The Bertz CT molecular complexity index is 1110. The first-order chi connectivity index (χ1) is 15.0. The van der Waals surface area contributed by atoms with E-state index in [0.717, 1.165) is 52.6 Å². The average molecular weight is 453 g/mol. The highest BCUT2D eigenvalue weighted by molar-refractivity contribution is 7.80. The number of aromatic nitrogens is 1. The van der Waals surface area contributed by atoms with Crippen molar-refractivity contribution in [3.63, 3.8) is 0 Å². The Labute approximate surface area is 192 Å². The van der Waals surface area contributed by atoms with Crippen LogP contribution in [0.1, 0.15) is 35.4 Å².